The Morgan fingerprint density at radius 2 is 2.00 bits per heavy atom. The first-order valence-corrected chi connectivity index (χ1v) is 6.76. The summed E-state index contributed by atoms with van der Waals surface area (Å²) in [5.74, 6) is 0.130. The van der Waals surface area contributed by atoms with Gasteiger partial charge in [-0.15, -0.1) is 12.4 Å². The van der Waals surface area contributed by atoms with Gasteiger partial charge in [-0.05, 0) is 35.8 Å². The van der Waals surface area contributed by atoms with Crippen LogP contribution in [0.2, 0.25) is 0 Å². The van der Waals surface area contributed by atoms with Crippen LogP contribution >= 0.6 is 28.3 Å². The van der Waals surface area contributed by atoms with Gasteiger partial charge in [0, 0.05) is 42.9 Å². The van der Waals surface area contributed by atoms with E-state index in [0.29, 0.717) is 6.04 Å². The van der Waals surface area contributed by atoms with Crippen LogP contribution in [0.1, 0.15) is 30.4 Å². The van der Waals surface area contributed by atoms with Gasteiger partial charge in [-0.2, -0.15) is 0 Å². The van der Waals surface area contributed by atoms with E-state index in [2.05, 4.69) is 35.1 Å². The fourth-order valence-corrected chi connectivity index (χ4v) is 2.51. The second-order valence-electron chi connectivity index (χ2n) is 4.59. The molecule has 0 aliphatic carbocycles. The largest absolute Gasteiger partial charge is 0.340 e. The maximum Gasteiger partial charge on any atom is 0.270 e. The molecule has 1 fully saturated rings. The van der Waals surface area contributed by atoms with Gasteiger partial charge in [-0.1, -0.05) is 0 Å². The average Bonchev–Trinajstić information content (AvgIpc) is 2.72. The van der Waals surface area contributed by atoms with Crippen LogP contribution in [0.15, 0.2) is 16.7 Å². The minimum Gasteiger partial charge on any atom is -0.340 e. The Labute approximate surface area is 122 Å². The number of carbonyl (C=O) groups excluding carboxylic acids is 1. The van der Waals surface area contributed by atoms with Crippen LogP contribution in [0.3, 0.4) is 0 Å². The van der Waals surface area contributed by atoms with Crippen molar-refractivity contribution in [3.8, 4) is 0 Å². The minimum absolute atomic E-state index is 0. The molecule has 0 aromatic carbocycles. The van der Waals surface area contributed by atoms with E-state index >= 15 is 0 Å². The summed E-state index contributed by atoms with van der Waals surface area (Å²) in [7, 11) is 0. The SMILES string of the molecule is CC(C)n1cc(Br)cc1C(=O)N1CCNCC1.Cl. The standard InChI is InChI=1S/C12H18BrN3O.ClH/c1-9(2)16-8-10(13)7-11(16)12(17)15-5-3-14-4-6-15;/h7-9,14H,3-6H2,1-2H3;1H. The number of carbonyl (C=O) groups is 1. The number of amides is 1. The van der Waals surface area contributed by atoms with Gasteiger partial charge < -0.3 is 14.8 Å². The predicted octanol–water partition coefficient (Wildman–Crippen LogP) is 2.30. The Morgan fingerprint density at radius 3 is 2.56 bits per heavy atom. The fraction of sp³-hybridized carbons (Fsp3) is 0.583. The van der Waals surface area contributed by atoms with E-state index in [9.17, 15) is 4.79 Å². The maximum atomic E-state index is 12.4. The van der Waals surface area contributed by atoms with Crippen molar-refractivity contribution in [3.05, 3.63) is 22.4 Å². The number of nitrogens with zero attached hydrogens (tertiary/aromatic N) is 2. The second kappa shape index (κ2) is 6.59. The van der Waals surface area contributed by atoms with E-state index in [0.717, 1.165) is 36.3 Å². The topological polar surface area (TPSA) is 37.3 Å². The molecule has 0 bridgehead atoms. The fourth-order valence-electron chi connectivity index (χ4n) is 2.07. The molecule has 0 radical (unpaired) electrons. The molecule has 1 aromatic rings. The van der Waals surface area contributed by atoms with E-state index in [1.165, 1.54) is 0 Å². The molecule has 1 N–H and O–H groups in total. The maximum absolute atomic E-state index is 12.4. The third-order valence-corrected chi connectivity index (χ3v) is 3.43. The molecular weight excluding hydrogens is 318 g/mol. The molecule has 1 aliphatic heterocycles. The summed E-state index contributed by atoms with van der Waals surface area (Å²) in [5, 5.41) is 3.25. The third kappa shape index (κ3) is 3.28. The zero-order valence-corrected chi connectivity index (χ0v) is 13.1. The first-order valence-electron chi connectivity index (χ1n) is 5.97. The van der Waals surface area contributed by atoms with Crippen LogP contribution in [0.4, 0.5) is 0 Å². The predicted molar refractivity (Wildman–Crippen MR) is 78.5 cm³/mol. The smallest absolute Gasteiger partial charge is 0.270 e. The average molecular weight is 337 g/mol. The van der Waals surface area contributed by atoms with Crippen LogP contribution in [-0.4, -0.2) is 41.6 Å². The van der Waals surface area contributed by atoms with Crippen molar-refractivity contribution in [1.82, 2.24) is 14.8 Å². The molecule has 102 valence electrons. The number of halogens is 2. The highest BCUT2D eigenvalue weighted by Crippen LogP contribution is 2.20. The molecule has 1 aliphatic rings. The van der Waals surface area contributed by atoms with Gasteiger partial charge in [0.15, 0.2) is 0 Å². The molecule has 0 atom stereocenters. The zero-order valence-electron chi connectivity index (χ0n) is 10.6. The van der Waals surface area contributed by atoms with Gasteiger partial charge in [-0.25, -0.2) is 0 Å². The van der Waals surface area contributed by atoms with Gasteiger partial charge >= 0.3 is 0 Å². The van der Waals surface area contributed by atoms with Crippen LogP contribution in [-0.2, 0) is 0 Å². The zero-order chi connectivity index (χ0) is 12.4. The lowest BCUT2D eigenvalue weighted by molar-refractivity contribution is 0.0723. The summed E-state index contributed by atoms with van der Waals surface area (Å²) in [6, 6.07) is 2.20. The Bertz CT molecular complexity index is 413. The van der Waals surface area contributed by atoms with Crippen molar-refractivity contribution in [2.75, 3.05) is 26.2 Å². The number of aromatic nitrogens is 1. The van der Waals surface area contributed by atoms with Crippen LogP contribution in [0.5, 0.6) is 0 Å². The number of hydrogen-bond acceptors (Lipinski definition) is 2. The number of hydrogen-bond donors (Lipinski definition) is 1. The Hall–Kier alpha value is -0.520. The molecule has 0 unspecified atom stereocenters. The summed E-state index contributed by atoms with van der Waals surface area (Å²) in [4.78, 5) is 14.3. The highest BCUT2D eigenvalue weighted by atomic mass is 79.9. The Kier molecular flexibility index (Phi) is 5.69. The molecule has 1 aromatic heterocycles. The first-order chi connectivity index (χ1) is 8.09. The molecule has 2 heterocycles. The third-order valence-electron chi connectivity index (χ3n) is 2.99. The lowest BCUT2D eigenvalue weighted by Crippen LogP contribution is -2.46. The molecule has 1 saturated heterocycles. The van der Waals surface area contributed by atoms with Crippen LogP contribution < -0.4 is 5.32 Å². The van der Waals surface area contributed by atoms with E-state index < -0.39 is 0 Å². The van der Waals surface area contributed by atoms with Gasteiger partial charge in [-0.3, -0.25) is 4.79 Å². The van der Waals surface area contributed by atoms with Crippen molar-refractivity contribution in [2.45, 2.75) is 19.9 Å². The monoisotopic (exact) mass is 335 g/mol. The van der Waals surface area contributed by atoms with Gasteiger partial charge in [0.05, 0.1) is 0 Å². The number of rotatable bonds is 2. The van der Waals surface area contributed by atoms with E-state index in [1.807, 2.05) is 21.7 Å². The van der Waals surface area contributed by atoms with Gasteiger partial charge in [0.2, 0.25) is 0 Å². The Balaban J connectivity index is 0.00000162. The van der Waals surface area contributed by atoms with Crippen molar-refractivity contribution in [3.63, 3.8) is 0 Å². The summed E-state index contributed by atoms with van der Waals surface area (Å²) >= 11 is 3.44. The summed E-state index contributed by atoms with van der Waals surface area (Å²) in [6.45, 7) is 7.52. The van der Waals surface area contributed by atoms with Crippen LogP contribution in [0, 0.1) is 0 Å². The molecular formula is C12H19BrClN3O. The van der Waals surface area contributed by atoms with Crippen molar-refractivity contribution in [1.29, 1.82) is 0 Å². The van der Waals surface area contributed by atoms with E-state index in [1.54, 1.807) is 0 Å². The normalized spacial score (nSPS) is 15.7. The summed E-state index contributed by atoms with van der Waals surface area (Å²) in [5.41, 5.74) is 0.772. The molecule has 0 spiro atoms. The van der Waals surface area contributed by atoms with Crippen molar-refractivity contribution in [2.24, 2.45) is 0 Å². The summed E-state index contributed by atoms with van der Waals surface area (Å²) in [6.07, 6.45) is 1.97. The van der Waals surface area contributed by atoms with Crippen LogP contribution in [0.25, 0.3) is 0 Å². The van der Waals surface area contributed by atoms with E-state index in [-0.39, 0.29) is 18.3 Å². The highest BCUT2D eigenvalue weighted by molar-refractivity contribution is 9.10. The number of piperazine rings is 1. The molecule has 4 nitrogen and oxygen atoms in total. The van der Waals surface area contributed by atoms with Crippen molar-refractivity contribution >= 4 is 34.2 Å². The first kappa shape index (κ1) is 15.5. The van der Waals surface area contributed by atoms with E-state index in [4.69, 9.17) is 0 Å². The molecule has 1 amide bonds. The molecule has 0 saturated carbocycles. The van der Waals surface area contributed by atoms with Gasteiger partial charge in [0.1, 0.15) is 5.69 Å². The highest BCUT2D eigenvalue weighted by Gasteiger charge is 2.22. The lowest BCUT2D eigenvalue weighted by Gasteiger charge is -2.28. The molecule has 6 heteroatoms. The Morgan fingerprint density at radius 1 is 1.39 bits per heavy atom. The minimum atomic E-state index is 0. The quantitative estimate of drug-likeness (QED) is 0.900. The van der Waals surface area contributed by atoms with Crippen molar-refractivity contribution < 1.29 is 4.79 Å². The van der Waals surface area contributed by atoms with Gasteiger partial charge in [0.25, 0.3) is 5.91 Å². The molecule has 18 heavy (non-hydrogen) atoms. The number of nitrogens with one attached hydrogen (secondary N) is 1. The summed E-state index contributed by atoms with van der Waals surface area (Å²) < 4.78 is 2.98. The second-order valence-corrected chi connectivity index (χ2v) is 5.50. The lowest BCUT2D eigenvalue weighted by atomic mass is 10.3. The molecule has 2 rings (SSSR count).